The maximum absolute atomic E-state index is 5.26. The number of methoxy groups -OCH3 is 1. The lowest BCUT2D eigenvalue weighted by Crippen LogP contribution is -2.24. The van der Waals surface area contributed by atoms with Crippen molar-refractivity contribution < 1.29 is 4.74 Å². The number of benzene rings is 1. The van der Waals surface area contributed by atoms with Crippen molar-refractivity contribution >= 4 is 0 Å². The highest BCUT2D eigenvalue weighted by Crippen LogP contribution is 2.21. The molecule has 1 unspecified atom stereocenters. The van der Waals surface area contributed by atoms with Crippen LogP contribution in [0.3, 0.4) is 0 Å². The highest BCUT2D eigenvalue weighted by atomic mass is 16.5. The molecule has 0 amide bonds. The summed E-state index contributed by atoms with van der Waals surface area (Å²) in [6, 6.07) is 8.56. The molecule has 0 aliphatic carbocycles. The Morgan fingerprint density at radius 2 is 2.05 bits per heavy atom. The Balaban J connectivity index is 2.08. The smallest absolute Gasteiger partial charge is 0.125 e. The molecule has 0 aliphatic heterocycles. The number of aryl methyl sites for hydroxylation is 1. The third-order valence-electron chi connectivity index (χ3n) is 3.34. The fraction of sp³-hybridized carbons (Fsp3) is 0.400. The number of aromatic nitrogens is 2. The summed E-state index contributed by atoms with van der Waals surface area (Å²) in [5.74, 6) is 1.92. The zero-order chi connectivity index (χ0) is 13.8. The second kappa shape index (κ2) is 5.89. The molecule has 4 nitrogen and oxygen atoms in total. The van der Waals surface area contributed by atoms with Gasteiger partial charge < -0.3 is 14.6 Å². The Hall–Kier alpha value is -1.81. The van der Waals surface area contributed by atoms with Gasteiger partial charge in [0.1, 0.15) is 11.6 Å². The van der Waals surface area contributed by atoms with Gasteiger partial charge in [-0.2, -0.15) is 0 Å². The summed E-state index contributed by atoms with van der Waals surface area (Å²) in [5.41, 5.74) is 1.21. The normalized spacial score (nSPS) is 14.1. The van der Waals surface area contributed by atoms with Crippen LogP contribution in [-0.4, -0.2) is 16.7 Å². The third kappa shape index (κ3) is 3.15. The minimum atomic E-state index is 0.196. The number of nitrogens with one attached hydrogen (secondary N) is 1. The zero-order valence-electron chi connectivity index (χ0n) is 11.9. The summed E-state index contributed by atoms with van der Waals surface area (Å²) in [5, 5.41) is 3.55. The van der Waals surface area contributed by atoms with Crippen LogP contribution in [0.5, 0.6) is 5.75 Å². The number of imidazole rings is 1. The van der Waals surface area contributed by atoms with E-state index in [-0.39, 0.29) is 12.1 Å². The Labute approximate surface area is 114 Å². The molecule has 0 radical (unpaired) electrons. The lowest BCUT2D eigenvalue weighted by atomic mass is 10.1. The molecule has 0 saturated carbocycles. The number of hydrogen-bond donors (Lipinski definition) is 1. The van der Waals surface area contributed by atoms with E-state index >= 15 is 0 Å². The first-order chi connectivity index (χ1) is 9.11. The summed E-state index contributed by atoms with van der Waals surface area (Å²) in [6.45, 7) is 4.27. The molecule has 1 aromatic carbocycles. The minimum absolute atomic E-state index is 0.196. The van der Waals surface area contributed by atoms with Crippen molar-refractivity contribution in [2.75, 3.05) is 7.11 Å². The van der Waals surface area contributed by atoms with Crippen molar-refractivity contribution in [3.8, 4) is 5.75 Å². The summed E-state index contributed by atoms with van der Waals surface area (Å²) >= 11 is 0. The Morgan fingerprint density at radius 1 is 1.26 bits per heavy atom. The van der Waals surface area contributed by atoms with Crippen molar-refractivity contribution in [2.45, 2.75) is 25.9 Å². The van der Waals surface area contributed by atoms with E-state index in [0.717, 1.165) is 11.6 Å². The van der Waals surface area contributed by atoms with E-state index in [1.807, 2.05) is 36.1 Å². The summed E-state index contributed by atoms with van der Waals surface area (Å²) in [7, 11) is 3.70. The molecule has 0 bridgehead atoms. The fourth-order valence-corrected chi connectivity index (χ4v) is 2.25. The molecule has 1 heterocycles. The molecule has 0 saturated heterocycles. The van der Waals surface area contributed by atoms with E-state index in [1.54, 1.807) is 7.11 Å². The van der Waals surface area contributed by atoms with Crippen molar-refractivity contribution in [1.82, 2.24) is 14.9 Å². The lowest BCUT2D eigenvalue weighted by molar-refractivity contribution is 0.412. The number of nitrogens with zero attached hydrogens (tertiary/aromatic N) is 2. The van der Waals surface area contributed by atoms with Crippen molar-refractivity contribution in [3.05, 3.63) is 48.0 Å². The lowest BCUT2D eigenvalue weighted by Gasteiger charge is -2.20. The van der Waals surface area contributed by atoms with Gasteiger partial charge in [-0.15, -0.1) is 0 Å². The average Bonchev–Trinajstić information content (AvgIpc) is 2.85. The molecule has 2 aromatic rings. The largest absolute Gasteiger partial charge is 0.497 e. The van der Waals surface area contributed by atoms with Crippen LogP contribution in [0.15, 0.2) is 36.7 Å². The Bertz CT molecular complexity index is 536. The van der Waals surface area contributed by atoms with Gasteiger partial charge in [0.2, 0.25) is 0 Å². The van der Waals surface area contributed by atoms with Gasteiger partial charge in [-0.25, -0.2) is 4.98 Å². The van der Waals surface area contributed by atoms with Crippen LogP contribution >= 0.6 is 0 Å². The molecule has 0 fully saturated rings. The monoisotopic (exact) mass is 259 g/mol. The first-order valence-electron chi connectivity index (χ1n) is 6.49. The topological polar surface area (TPSA) is 39.1 Å². The van der Waals surface area contributed by atoms with Crippen LogP contribution in [0.2, 0.25) is 0 Å². The van der Waals surface area contributed by atoms with Crippen molar-refractivity contribution in [3.63, 3.8) is 0 Å². The molecule has 1 aromatic heterocycles. The van der Waals surface area contributed by atoms with E-state index in [1.165, 1.54) is 5.56 Å². The van der Waals surface area contributed by atoms with Gasteiger partial charge in [-0.05, 0) is 31.5 Å². The van der Waals surface area contributed by atoms with Gasteiger partial charge in [-0.1, -0.05) is 12.1 Å². The quantitative estimate of drug-likeness (QED) is 0.897. The summed E-state index contributed by atoms with van der Waals surface area (Å²) < 4.78 is 7.29. The first kappa shape index (κ1) is 13.6. The van der Waals surface area contributed by atoms with Crippen LogP contribution < -0.4 is 10.1 Å². The van der Waals surface area contributed by atoms with Gasteiger partial charge in [0, 0.05) is 25.5 Å². The second-order valence-electron chi connectivity index (χ2n) is 4.78. The summed E-state index contributed by atoms with van der Waals surface area (Å²) in [4.78, 5) is 4.37. The maximum atomic E-state index is 5.26. The molecule has 19 heavy (non-hydrogen) atoms. The molecule has 0 spiro atoms. The molecule has 4 heteroatoms. The average molecular weight is 259 g/mol. The van der Waals surface area contributed by atoms with E-state index in [4.69, 9.17) is 4.74 Å². The van der Waals surface area contributed by atoms with Crippen molar-refractivity contribution in [1.29, 1.82) is 0 Å². The van der Waals surface area contributed by atoms with E-state index in [2.05, 4.69) is 36.3 Å². The molecular weight excluding hydrogens is 238 g/mol. The number of rotatable bonds is 5. The highest BCUT2D eigenvalue weighted by Gasteiger charge is 2.14. The van der Waals surface area contributed by atoms with Crippen molar-refractivity contribution in [2.24, 2.45) is 7.05 Å². The van der Waals surface area contributed by atoms with E-state index in [9.17, 15) is 0 Å². The van der Waals surface area contributed by atoms with Gasteiger partial charge in [0.05, 0.1) is 13.2 Å². The van der Waals surface area contributed by atoms with Crippen LogP contribution in [0.25, 0.3) is 0 Å². The van der Waals surface area contributed by atoms with Crippen LogP contribution in [0, 0.1) is 0 Å². The molecular formula is C15H21N3O. The molecule has 2 atom stereocenters. The Kier molecular flexibility index (Phi) is 4.22. The van der Waals surface area contributed by atoms with Crippen LogP contribution in [0.1, 0.15) is 37.3 Å². The number of hydrogen-bond acceptors (Lipinski definition) is 3. The molecule has 0 aliphatic rings. The van der Waals surface area contributed by atoms with E-state index in [0.29, 0.717) is 0 Å². The Morgan fingerprint density at radius 3 is 2.68 bits per heavy atom. The molecule has 1 N–H and O–H groups in total. The van der Waals surface area contributed by atoms with Gasteiger partial charge in [-0.3, -0.25) is 0 Å². The van der Waals surface area contributed by atoms with Crippen LogP contribution in [0.4, 0.5) is 0 Å². The van der Waals surface area contributed by atoms with Gasteiger partial charge in [0.25, 0.3) is 0 Å². The standard InChI is InChI=1S/C15H21N3O/c1-11(13-6-5-7-14(10-13)19-4)17-12(2)15-16-8-9-18(15)3/h5-12,17H,1-4H3/t11-,12?/m0/s1. The predicted octanol–water partition coefficient (Wildman–Crippen LogP) is 2.84. The minimum Gasteiger partial charge on any atom is -0.497 e. The summed E-state index contributed by atoms with van der Waals surface area (Å²) in [6.07, 6.45) is 3.79. The van der Waals surface area contributed by atoms with E-state index < -0.39 is 0 Å². The van der Waals surface area contributed by atoms with Gasteiger partial charge in [0.15, 0.2) is 0 Å². The molecule has 2 rings (SSSR count). The fourth-order valence-electron chi connectivity index (χ4n) is 2.25. The maximum Gasteiger partial charge on any atom is 0.125 e. The predicted molar refractivity (Wildman–Crippen MR) is 76.2 cm³/mol. The first-order valence-corrected chi connectivity index (χ1v) is 6.49. The SMILES string of the molecule is COc1cccc([C@H](C)NC(C)c2nccn2C)c1. The van der Waals surface area contributed by atoms with Gasteiger partial charge >= 0.3 is 0 Å². The third-order valence-corrected chi connectivity index (χ3v) is 3.34. The highest BCUT2D eigenvalue weighted by molar-refractivity contribution is 5.30. The molecule has 102 valence electrons. The van der Waals surface area contributed by atoms with Crippen LogP contribution in [-0.2, 0) is 7.05 Å². The second-order valence-corrected chi connectivity index (χ2v) is 4.78. The zero-order valence-corrected chi connectivity index (χ0v) is 11.9. The number of ether oxygens (including phenoxy) is 1.